The predicted octanol–water partition coefficient (Wildman–Crippen LogP) is 4.36. The largest absolute Gasteiger partial charge is 0.507 e. The van der Waals surface area contributed by atoms with Gasteiger partial charge in [0, 0.05) is 29.4 Å². The lowest BCUT2D eigenvalue weighted by Crippen LogP contribution is -2.12. The number of anilines is 1. The Morgan fingerprint density at radius 3 is 2.64 bits per heavy atom. The third-order valence-electron chi connectivity index (χ3n) is 4.10. The van der Waals surface area contributed by atoms with Crippen molar-refractivity contribution >= 4 is 28.4 Å². The number of amides is 1. The van der Waals surface area contributed by atoms with Crippen LogP contribution in [0.2, 0.25) is 0 Å². The maximum absolute atomic E-state index is 12.3. The molecule has 8 heteroatoms. The van der Waals surface area contributed by atoms with E-state index in [-0.39, 0.29) is 22.9 Å². The maximum Gasteiger partial charge on any atom is 0.270 e. The van der Waals surface area contributed by atoms with E-state index in [0.717, 1.165) is 0 Å². The molecule has 0 unspecified atom stereocenters. The van der Waals surface area contributed by atoms with Crippen molar-refractivity contribution in [2.45, 2.75) is 0 Å². The van der Waals surface area contributed by atoms with E-state index in [1.54, 1.807) is 24.3 Å². The number of phenols is 1. The molecule has 4 aromatic rings. The molecule has 8 nitrogen and oxygen atoms in total. The molecule has 0 bridgehead atoms. The van der Waals surface area contributed by atoms with Crippen molar-refractivity contribution in [1.29, 1.82) is 0 Å². The molecule has 0 saturated heterocycles. The van der Waals surface area contributed by atoms with Crippen molar-refractivity contribution in [1.82, 2.24) is 4.98 Å². The third kappa shape index (κ3) is 3.26. The highest BCUT2D eigenvalue weighted by Crippen LogP contribution is 2.33. The van der Waals surface area contributed by atoms with Crippen LogP contribution in [0.3, 0.4) is 0 Å². The number of rotatable bonds is 4. The highest BCUT2D eigenvalue weighted by atomic mass is 16.6. The molecule has 0 atom stereocenters. The summed E-state index contributed by atoms with van der Waals surface area (Å²) in [7, 11) is 0. The summed E-state index contributed by atoms with van der Waals surface area (Å²) in [6.45, 7) is 0. The number of hydrogen-bond acceptors (Lipinski definition) is 6. The average Bonchev–Trinajstić information content (AvgIpc) is 3.12. The number of fused-ring (bicyclic) bond motifs is 1. The Bertz CT molecular complexity index is 1180. The number of nitro groups is 1. The summed E-state index contributed by atoms with van der Waals surface area (Å²) in [5, 5.41) is 23.8. The van der Waals surface area contributed by atoms with Crippen LogP contribution in [-0.2, 0) is 0 Å². The summed E-state index contributed by atoms with van der Waals surface area (Å²) < 4.78 is 5.64. The number of aromatic nitrogens is 1. The molecular weight excluding hydrogens is 362 g/mol. The number of phenolic OH excluding ortho intramolecular Hbond substituents is 1. The van der Waals surface area contributed by atoms with Crippen LogP contribution >= 0.6 is 0 Å². The molecule has 0 aliphatic heterocycles. The molecule has 0 spiro atoms. The Morgan fingerprint density at radius 1 is 1.07 bits per heavy atom. The number of carbonyl (C=O) groups is 1. The number of hydrogen-bond donors (Lipinski definition) is 2. The lowest BCUT2D eigenvalue weighted by molar-refractivity contribution is -0.384. The second-order valence-corrected chi connectivity index (χ2v) is 5.98. The van der Waals surface area contributed by atoms with Crippen molar-refractivity contribution in [2.24, 2.45) is 0 Å². The lowest BCUT2D eigenvalue weighted by Gasteiger charge is -2.07. The van der Waals surface area contributed by atoms with Crippen LogP contribution in [0.25, 0.3) is 22.6 Å². The summed E-state index contributed by atoms with van der Waals surface area (Å²) in [6, 6.07) is 17.1. The van der Waals surface area contributed by atoms with E-state index in [1.807, 2.05) is 12.1 Å². The van der Waals surface area contributed by atoms with Crippen LogP contribution in [0.1, 0.15) is 10.4 Å². The van der Waals surface area contributed by atoms with E-state index in [4.69, 9.17) is 4.42 Å². The third-order valence-corrected chi connectivity index (χ3v) is 4.10. The summed E-state index contributed by atoms with van der Waals surface area (Å²) in [4.78, 5) is 26.9. The molecule has 1 heterocycles. The first-order chi connectivity index (χ1) is 13.5. The summed E-state index contributed by atoms with van der Waals surface area (Å²) in [5.41, 5.74) is 1.93. The summed E-state index contributed by atoms with van der Waals surface area (Å²) in [6.07, 6.45) is 0. The topological polar surface area (TPSA) is 118 Å². The van der Waals surface area contributed by atoms with Gasteiger partial charge in [-0.3, -0.25) is 14.9 Å². The number of nitrogens with one attached hydrogen (secondary N) is 1. The Morgan fingerprint density at radius 2 is 1.89 bits per heavy atom. The normalized spacial score (nSPS) is 10.7. The molecule has 4 rings (SSSR count). The molecule has 28 heavy (non-hydrogen) atoms. The van der Waals surface area contributed by atoms with Gasteiger partial charge in [-0.2, -0.15) is 0 Å². The van der Waals surface area contributed by atoms with E-state index < -0.39 is 10.8 Å². The van der Waals surface area contributed by atoms with E-state index in [9.17, 15) is 20.0 Å². The van der Waals surface area contributed by atoms with Gasteiger partial charge in [-0.25, -0.2) is 4.98 Å². The van der Waals surface area contributed by atoms with Crippen LogP contribution in [0.5, 0.6) is 5.75 Å². The number of oxazole rings is 1. The Balaban J connectivity index is 1.58. The van der Waals surface area contributed by atoms with E-state index in [2.05, 4.69) is 10.3 Å². The van der Waals surface area contributed by atoms with Crippen molar-refractivity contribution in [3.05, 3.63) is 82.4 Å². The molecule has 0 radical (unpaired) electrons. The van der Waals surface area contributed by atoms with Gasteiger partial charge in [-0.15, -0.1) is 0 Å². The van der Waals surface area contributed by atoms with Gasteiger partial charge in [0.1, 0.15) is 11.3 Å². The predicted molar refractivity (Wildman–Crippen MR) is 102 cm³/mol. The number of para-hydroxylation sites is 2. The SMILES string of the molecule is O=C(Nc1ccc(-c2nc3ccccc3o2)c(O)c1)c1cccc([N+](=O)[O-])c1. The van der Waals surface area contributed by atoms with Gasteiger partial charge in [0.15, 0.2) is 5.58 Å². The maximum atomic E-state index is 12.3. The van der Waals surface area contributed by atoms with Crippen molar-refractivity contribution < 1.29 is 19.2 Å². The number of non-ortho nitro benzene ring substituents is 1. The Labute approximate surface area is 158 Å². The molecule has 1 amide bonds. The lowest BCUT2D eigenvalue weighted by atomic mass is 10.1. The highest BCUT2D eigenvalue weighted by molar-refractivity contribution is 6.04. The zero-order chi connectivity index (χ0) is 19.7. The number of benzene rings is 3. The van der Waals surface area contributed by atoms with Crippen molar-refractivity contribution in [3.63, 3.8) is 0 Å². The van der Waals surface area contributed by atoms with Crippen LogP contribution in [0, 0.1) is 10.1 Å². The Hall–Kier alpha value is -4.20. The van der Waals surface area contributed by atoms with Crippen LogP contribution in [0.4, 0.5) is 11.4 Å². The van der Waals surface area contributed by atoms with E-state index >= 15 is 0 Å². The summed E-state index contributed by atoms with van der Waals surface area (Å²) in [5.74, 6) is -0.392. The fourth-order valence-corrected chi connectivity index (χ4v) is 2.74. The number of nitrogens with zero attached hydrogens (tertiary/aromatic N) is 2. The minimum Gasteiger partial charge on any atom is -0.507 e. The van der Waals surface area contributed by atoms with Crippen molar-refractivity contribution in [2.75, 3.05) is 5.32 Å². The van der Waals surface area contributed by atoms with Gasteiger partial charge in [-0.05, 0) is 30.3 Å². The van der Waals surface area contributed by atoms with E-state index in [0.29, 0.717) is 22.4 Å². The standard InChI is InChI=1S/C20H13N3O5/c24-17-11-13(21-19(25)12-4-3-5-14(10-12)23(26)27)8-9-15(17)20-22-16-6-1-2-7-18(16)28-20/h1-11,24H,(H,21,25). The van der Waals surface area contributed by atoms with Gasteiger partial charge >= 0.3 is 0 Å². The van der Waals surface area contributed by atoms with Crippen LogP contribution in [-0.4, -0.2) is 20.9 Å². The molecule has 2 N–H and O–H groups in total. The smallest absolute Gasteiger partial charge is 0.270 e. The first-order valence-electron chi connectivity index (χ1n) is 8.26. The van der Waals surface area contributed by atoms with Gasteiger partial charge in [0.25, 0.3) is 11.6 Å². The molecule has 1 aromatic heterocycles. The zero-order valence-corrected chi connectivity index (χ0v) is 14.3. The first-order valence-corrected chi connectivity index (χ1v) is 8.26. The molecule has 0 fully saturated rings. The average molecular weight is 375 g/mol. The monoisotopic (exact) mass is 375 g/mol. The molecule has 138 valence electrons. The van der Waals surface area contributed by atoms with Crippen molar-refractivity contribution in [3.8, 4) is 17.2 Å². The fraction of sp³-hybridized carbons (Fsp3) is 0. The molecule has 0 saturated carbocycles. The minimum absolute atomic E-state index is 0.122. The number of carbonyl (C=O) groups excluding carboxylic acids is 1. The van der Waals surface area contributed by atoms with Crippen LogP contribution in [0.15, 0.2) is 71.1 Å². The van der Waals surface area contributed by atoms with E-state index in [1.165, 1.54) is 30.3 Å². The first kappa shape index (κ1) is 17.2. The quantitative estimate of drug-likeness (QED) is 0.404. The Kier molecular flexibility index (Phi) is 4.21. The number of aromatic hydroxyl groups is 1. The van der Waals surface area contributed by atoms with Gasteiger partial charge in [0.2, 0.25) is 5.89 Å². The summed E-state index contributed by atoms with van der Waals surface area (Å²) >= 11 is 0. The molecule has 0 aliphatic rings. The second kappa shape index (κ2) is 6.84. The van der Waals surface area contributed by atoms with Gasteiger partial charge in [-0.1, -0.05) is 18.2 Å². The van der Waals surface area contributed by atoms with Gasteiger partial charge < -0.3 is 14.8 Å². The minimum atomic E-state index is -0.572. The molecule has 3 aromatic carbocycles. The highest BCUT2D eigenvalue weighted by Gasteiger charge is 2.15. The molecular formula is C20H13N3O5. The molecule has 0 aliphatic carbocycles. The zero-order valence-electron chi connectivity index (χ0n) is 14.3. The van der Waals surface area contributed by atoms with Crippen LogP contribution < -0.4 is 5.32 Å². The van der Waals surface area contributed by atoms with Gasteiger partial charge in [0.05, 0.1) is 10.5 Å². The number of nitro benzene ring substituents is 1. The second-order valence-electron chi connectivity index (χ2n) is 5.98. The fourth-order valence-electron chi connectivity index (χ4n) is 2.74.